The quantitative estimate of drug-likeness (QED) is 0.0222. The van der Waals surface area contributed by atoms with E-state index in [1.165, 1.54) is 193 Å². The lowest BCUT2D eigenvalue weighted by Crippen LogP contribution is -2.30. The molecule has 93 heavy (non-hydrogen) atoms. The molecule has 3 N–H and O–H groups in total. The minimum atomic E-state index is -4.96. The van der Waals surface area contributed by atoms with E-state index in [-0.39, 0.29) is 25.7 Å². The molecule has 0 amide bonds. The van der Waals surface area contributed by atoms with E-state index in [2.05, 4.69) is 41.5 Å². The highest BCUT2D eigenvalue weighted by molar-refractivity contribution is 7.47. The molecule has 0 fully saturated rings. The minimum Gasteiger partial charge on any atom is -0.462 e. The Kier molecular flexibility index (Phi) is 64.6. The van der Waals surface area contributed by atoms with Crippen molar-refractivity contribution in [3.63, 3.8) is 0 Å². The molecule has 0 rings (SSSR count). The van der Waals surface area contributed by atoms with Crippen LogP contribution in [-0.4, -0.2) is 96.7 Å². The van der Waals surface area contributed by atoms with Crippen molar-refractivity contribution < 1.29 is 80.2 Å². The van der Waals surface area contributed by atoms with Gasteiger partial charge in [-0.3, -0.25) is 37.3 Å². The first-order valence-electron chi connectivity index (χ1n) is 38.5. The highest BCUT2D eigenvalue weighted by atomic mass is 31.2. The van der Waals surface area contributed by atoms with Crippen LogP contribution in [0, 0.1) is 11.8 Å². The van der Waals surface area contributed by atoms with Gasteiger partial charge in [0.2, 0.25) is 0 Å². The predicted molar refractivity (Wildman–Crippen MR) is 377 cm³/mol. The van der Waals surface area contributed by atoms with Crippen molar-refractivity contribution in [3.05, 3.63) is 0 Å². The number of aliphatic hydroxyl groups excluding tert-OH is 1. The van der Waals surface area contributed by atoms with Crippen molar-refractivity contribution in [2.45, 2.75) is 400 Å². The van der Waals surface area contributed by atoms with Gasteiger partial charge < -0.3 is 33.8 Å². The van der Waals surface area contributed by atoms with Crippen molar-refractivity contribution in [1.82, 2.24) is 0 Å². The fraction of sp³-hybridized carbons (Fsp3) is 0.946. The Balaban J connectivity index is 5.23. The monoisotopic (exact) mass is 1370 g/mol. The van der Waals surface area contributed by atoms with E-state index in [1.807, 2.05) is 0 Å². The summed E-state index contributed by atoms with van der Waals surface area (Å²) in [6, 6.07) is 0. The average Bonchev–Trinajstić information content (AvgIpc) is 3.70. The lowest BCUT2D eigenvalue weighted by atomic mass is 10.00. The number of phosphoric acid groups is 2. The molecule has 0 saturated carbocycles. The van der Waals surface area contributed by atoms with Crippen LogP contribution in [-0.2, 0) is 65.4 Å². The predicted octanol–water partition coefficient (Wildman–Crippen LogP) is 21.6. The molecular weight excluding hydrogens is 1220 g/mol. The normalized spacial score (nSPS) is 14.3. The zero-order chi connectivity index (χ0) is 68.6. The molecule has 0 heterocycles. The van der Waals surface area contributed by atoms with Gasteiger partial charge in [-0.05, 0) is 37.5 Å². The van der Waals surface area contributed by atoms with Crippen LogP contribution in [0.1, 0.15) is 382 Å². The standard InChI is InChI=1S/C74H144O17P2/c1-7-10-12-14-16-18-20-21-22-23-24-25-26-30-35-39-47-53-59-74(79)90-69(62-84-71(76)56-50-44-37-33-31-27-29-32-36-42-48-54-66(4)5)64-88-92(80,81)86-60-68(75)61-87-93(82,83)89-65-70(63-85-72(77)57-51-45-41-40-43-49-55-67(6)9-3)91-73(78)58-52-46-38-34-28-19-17-15-13-11-8-2/h66-70,75H,7-65H2,1-6H3,(H,80,81)(H,82,83)/t67?,68-,69-,70-/m1/s1. The molecule has 0 aromatic rings. The van der Waals surface area contributed by atoms with Crippen molar-refractivity contribution in [2.75, 3.05) is 39.6 Å². The Hall–Kier alpha value is -1.94. The molecule has 3 unspecified atom stereocenters. The third-order valence-electron chi connectivity index (χ3n) is 17.6. The van der Waals surface area contributed by atoms with E-state index < -0.39 is 97.5 Å². The Bertz CT molecular complexity index is 1810. The molecule has 19 heteroatoms. The fourth-order valence-corrected chi connectivity index (χ4v) is 12.8. The van der Waals surface area contributed by atoms with E-state index in [1.54, 1.807) is 0 Å². The first-order valence-corrected chi connectivity index (χ1v) is 41.5. The number of rotatable bonds is 73. The fourth-order valence-electron chi connectivity index (χ4n) is 11.3. The number of esters is 4. The number of carbonyl (C=O) groups excluding carboxylic acids is 4. The van der Waals surface area contributed by atoms with Crippen LogP contribution in [0.2, 0.25) is 0 Å². The molecule has 0 aliphatic heterocycles. The smallest absolute Gasteiger partial charge is 0.462 e. The summed E-state index contributed by atoms with van der Waals surface area (Å²) in [7, 11) is -9.91. The molecule has 6 atom stereocenters. The van der Waals surface area contributed by atoms with Gasteiger partial charge in [0.05, 0.1) is 26.4 Å². The number of carbonyl (C=O) groups is 4. The third-order valence-corrected chi connectivity index (χ3v) is 19.5. The molecule has 0 aliphatic carbocycles. The van der Waals surface area contributed by atoms with E-state index in [4.69, 9.17) is 37.0 Å². The van der Waals surface area contributed by atoms with E-state index in [0.29, 0.717) is 25.7 Å². The SMILES string of the molecule is CCCCCCCCCCCCCCCCCCCCC(=O)O[C@H](COC(=O)CCCCCCCCCCCCCC(C)C)COP(=O)(O)OC[C@@H](O)COP(=O)(O)OC[C@@H](COC(=O)CCCCCCCCC(C)CC)OC(=O)CCCCCCCCCCCCC. The zero-order valence-corrected chi connectivity index (χ0v) is 62.3. The van der Waals surface area contributed by atoms with Crippen molar-refractivity contribution in [3.8, 4) is 0 Å². The molecule has 0 bridgehead atoms. The van der Waals surface area contributed by atoms with Crippen LogP contribution in [0.25, 0.3) is 0 Å². The molecule has 0 radical (unpaired) electrons. The summed E-state index contributed by atoms with van der Waals surface area (Å²) in [5.41, 5.74) is 0. The molecule has 0 spiro atoms. The van der Waals surface area contributed by atoms with E-state index in [0.717, 1.165) is 108 Å². The summed E-state index contributed by atoms with van der Waals surface area (Å²) >= 11 is 0. The van der Waals surface area contributed by atoms with Gasteiger partial charge >= 0.3 is 39.5 Å². The largest absolute Gasteiger partial charge is 0.472 e. The van der Waals surface area contributed by atoms with Gasteiger partial charge in [-0.25, -0.2) is 9.13 Å². The second kappa shape index (κ2) is 66.0. The van der Waals surface area contributed by atoms with Gasteiger partial charge in [0.15, 0.2) is 12.2 Å². The van der Waals surface area contributed by atoms with Crippen LogP contribution in [0.4, 0.5) is 0 Å². The summed E-state index contributed by atoms with van der Waals surface area (Å²) in [6.07, 6.45) is 52.7. The molecule has 552 valence electrons. The summed E-state index contributed by atoms with van der Waals surface area (Å²) in [5.74, 6) is -0.616. The molecule has 0 aromatic carbocycles. The number of hydrogen-bond donors (Lipinski definition) is 3. The molecule has 0 aromatic heterocycles. The average molecular weight is 1370 g/mol. The number of phosphoric ester groups is 2. The maximum Gasteiger partial charge on any atom is 0.472 e. The maximum absolute atomic E-state index is 13.1. The van der Waals surface area contributed by atoms with Gasteiger partial charge in [0.25, 0.3) is 0 Å². The third kappa shape index (κ3) is 67.0. The second-order valence-corrected chi connectivity index (χ2v) is 30.3. The highest BCUT2D eigenvalue weighted by Gasteiger charge is 2.30. The first-order chi connectivity index (χ1) is 44.9. The van der Waals surface area contributed by atoms with Gasteiger partial charge in [-0.15, -0.1) is 0 Å². The van der Waals surface area contributed by atoms with Crippen molar-refractivity contribution in [1.29, 1.82) is 0 Å². The van der Waals surface area contributed by atoms with Crippen LogP contribution in [0.15, 0.2) is 0 Å². The topological polar surface area (TPSA) is 237 Å². The highest BCUT2D eigenvalue weighted by Crippen LogP contribution is 2.45. The Morgan fingerprint density at radius 2 is 0.548 bits per heavy atom. The summed E-state index contributed by atoms with van der Waals surface area (Å²) in [5, 5.41) is 10.6. The maximum atomic E-state index is 13.1. The zero-order valence-electron chi connectivity index (χ0n) is 60.6. The van der Waals surface area contributed by atoms with Gasteiger partial charge in [-0.1, -0.05) is 330 Å². The molecule has 17 nitrogen and oxygen atoms in total. The summed E-state index contributed by atoms with van der Waals surface area (Å²) in [4.78, 5) is 72.7. The van der Waals surface area contributed by atoms with Gasteiger partial charge in [0.1, 0.15) is 19.3 Å². The Morgan fingerprint density at radius 3 is 0.817 bits per heavy atom. The number of aliphatic hydroxyl groups is 1. The van der Waals surface area contributed by atoms with Crippen LogP contribution < -0.4 is 0 Å². The van der Waals surface area contributed by atoms with Gasteiger partial charge in [0, 0.05) is 25.7 Å². The van der Waals surface area contributed by atoms with Gasteiger partial charge in [-0.2, -0.15) is 0 Å². The Morgan fingerprint density at radius 1 is 0.312 bits per heavy atom. The number of unbranched alkanes of at least 4 members (excludes halogenated alkanes) is 42. The molecular formula is C74H144O17P2. The van der Waals surface area contributed by atoms with Crippen LogP contribution >= 0.6 is 15.6 Å². The van der Waals surface area contributed by atoms with E-state index >= 15 is 0 Å². The lowest BCUT2D eigenvalue weighted by molar-refractivity contribution is -0.161. The first kappa shape index (κ1) is 91.1. The van der Waals surface area contributed by atoms with Crippen molar-refractivity contribution >= 4 is 39.5 Å². The summed E-state index contributed by atoms with van der Waals surface area (Å²) < 4.78 is 68.4. The number of ether oxygens (including phenoxy) is 4. The summed E-state index contributed by atoms with van der Waals surface area (Å²) in [6.45, 7) is 9.54. The Labute approximate surface area is 568 Å². The number of hydrogen-bond acceptors (Lipinski definition) is 15. The van der Waals surface area contributed by atoms with Crippen LogP contribution in [0.3, 0.4) is 0 Å². The molecule has 0 aliphatic rings. The molecule has 0 saturated heterocycles. The second-order valence-electron chi connectivity index (χ2n) is 27.4. The van der Waals surface area contributed by atoms with Crippen LogP contribution in [0.5, 0.6) is 0 Å². The van der Waals surface area contributed by atoms with E-state index in [9.17, 15) is 43.2 Å². The minimum absolute atomic E-state index is 0.106. The lowest BCUT2D eigenvalue weighted by Gasteiger charge is -2.21. The van der Waals surface area contributed by atoms with Crippen molar-refractivity contribution in [2.24, 2.45) is 11.8 Å².